The minimum atomic E-state index is -3.54. The molecular weight excluding hydrogens is 312 g/mol. The van der Waals surface area contributed by atoms with Gasteiger partial charge >= 0.3 is 0 Å². The average Bonchev–Trinajstić information content (AvgIpc) is 2.61. The fourth-order valence-electron chi connectivity index (χ4n) is 2.17. The number of halogens is 1. The van der Waals surface area contributed by atoms with Gasteiger partial charge in [-0.1, -0.05) is 11.6 Å². The molecule has 2 rings (SSSR count). The summed E-state index contributed by atoms with van der Waals surface area (Å²) in [6.45, 7) is 3.47. The molecule has 1 heterocycles. The number of nitrogens with zero attached hydrogens (tertiary/aromatic N) is 2. The minimum Gasteiger partial charge on any atom is -0.289 e. The number of hydrogen-bond acceptors (Lipinski definition) is 3. The summed E-state index contributed by atoms with van der Waals surface area (Å²) < 4.78 is 28.1. The molecule has 0 saturated carbocycles. The molecule has 0 unspecified atom stereocenters. The van der Waals surface area contributed by atoms with E-state index < -0.39 is 9.84 Å². The van der Waals surface area contributed by atoms with E-state index in [1.54, 1.807) is 40.1 Å². The zero-order valence-electron chi connectivity index (χ0n) is 12.3. The number of benzene rings is 1. The summed E-state index contributed by atoms with van der Waals surface area (Å²) in [5, 5.41) is 0.540. The van der Waals surface area contributed by atoms with E-state index in [4.69, 9.17) is 11.6 Å². The second-order valence-corrected chi connectivity index (χ2v) is 7.51. The van der Waals surface area contributed by atoms with Gasteiger partial charge in [-0.15, -0.1) is 0 Å². The molecule has 0 amide bonds. The van der Waals surface area contributed by atoms with E-state index in [1.807, 2.05) is 0 Å². The van der Waals surface area contributed by atoms with Crippen LogP contribution in [0.15, 0.2) is 27.9 Å². The molecule has 7 heteroatoms. The van der Waals surface area contributed by atoms with E-state index in [2.05, 4.69) is 0 Å². The lowest BCUT2D eigenvalue weighted by Crippen LogP contribution is -2.17. The van der Waals surface area contributed by atoms with Crippen molar-refractivity contribution in [3.8, 4) is 0 Å². The Morgan fingerprint density at radius 1 is 1.05 bits per heavy atom. The Labute approximate surface area is 128 Å². The fraction of sp³-hybridized carbons (Fsp3) is 0.357. The van der Waals surface area contributed by atoms with Crippen LogP contribution in [0, 0.1) is 13.8 Å². The molecular formula is C14H17ClN2O3S. The molecule has 0 atom stereocenters. The number of aromatic nitrogens is 2. The van der Waals surface area contributed by atoms with Crippen molar-refractivity contribution in [2.24, 2.45) is 14.1 Å². The maximum atomic E-state index is 12.6. The van der Waals surface area contributed by atoms with E-state index in [9.17, 15) is 13.2 Å². The molecule has 2 aromatic rings. The number of hydrogen-bond donors (Lipinski definition) is 0. The van der Waals surface area contributed by atoms with Crippen molar-refractivity contribution < 1.29 is 8.42 Å². The van der Waals surface area contributed by atoms with Gasteiger partial charge in [0, 0.05) is 25.2 Å². The van der Waals surface area contributed by atoms with E-state index in [1.165, 1.54) is 15.4 Å². The van der Waals surface area contributed by atoms with Gasteiger partial charge in [0.1, 0.15) is 0 Å². The second-order valence-electron chi connectivity index (χ2n) is 5.15. The highest BCUT2D eigenvalue weighted by Gasteiger charge is 2.21. The van der Waals surface area contributed by atoms with Crippen LogP contribution in [-0.4, -0.2) is 17.8 Å². The molecule has 21 heavy (non-hydrogen) atoms. The summed E-state index contributed by atoms with van der Waals surface area (Å²) >= 11 is 6.00. The van der Waals surface area contributed by atoms with Crippen molar-refractivity contribution in [1.82, 2.24) is 9.36 Å². The highest BCUT2D eigenvalue weighted by atomic mass is 35.5. The third kappa shape index (κ3) is 2.91. The first-order valence-electron chi connectivity index (χ1n) is 6.35. The van der Waals surface area contributed by atoms with Gasteiger partial charge in [0.05, 0.1) is 16.3 Å². The molecule has 0 fully saturated rings. The van der Waals surface area contributed by atoms with Crippen LogP contribution in [0.25, 0.3) is 0 Å². The van der Waals surface area contributed by atoms with Crippen LogP contribution in [0.2, 0.25) is 5.02 Å². The van der Waals surface area contributed by atoms with Crippen LogP contribution in [0.5, 0.6) is 0 Å². The van der Waals surface area contributed by atoms with Crippen LogP contribution in [0.3, 0.4) is 0 Å². The largest absolute Gasteiger partial charge is 0.289 e. The van der Waals surface area contributed by atoms with Gasteiger partial charge in [-0.3, -0.25) is 14.2 Å². The lowest BCUT2D eigenvalue weighted by atomic mass is 10.2. The number of aryl methyl sites for hydroxylation is 2. The van der Waals surface area contributed by atoms with Crippen molar-refractivity contribution in [3.05, 3.63) is 50.4 Å². The van der Waals surface area contributed by atoms with E-state index in [-0.39, 0.29) is 16.2 Å². The normalized spacial score (nSPS) is 11.9. The molecule has 0 aliphatic rings. The first kappa shape index (κ1) is 15.9. The fourth-order valence-corrected chi connectivity index (χ4v) is 4.11. The Kier molecular flexibility index (Phi) is 4.04. The number of rotatable bonds is 3. The van der Waals surface area contributed by atoms with Crippen LogP contribution in [0.1, 0.15) is 16.8 Å². The van der Waals surface area contributed by atoms with E-state index in [0.29, 0.717) is 21.8 Å². The third-order valence-corrected chi connectivity index (χ3v) is 5.80. The van der Waals surface area contributed by atoms with Crippen molar-refractivity contribution in [3.63, 3.8) is 0 Å². The predicted octanol–water partition coefficient (Wildman–Crippen LogP) is 1.97. The van der Waals surface area contributed by atoms with E-state index in [0.717, 1.165) is 0 Å². The van der Waals surface area contributed by atoms with Gasteiger partial charge < -0.3 is 0 Å². The van der Waals surface area contributed by atoms with Crippen LogP contribution < -0.4 is 5.56 Å². The summed E-state index contributed by atoms with van der Waals surface area (Å²) in [5.74, 6) is -0.221. The van der Waals surface area contributed by atoms with Crippen molar-refractivity contribution in [1.29, 1.82) is 0 Å². The summed E-state index contributed by atoms with van der Waals surface area (Å²) in [4.78, 5) is 11.8. The first-order chi connectivity index (χ1) is 9.63. The zero-order chi connectivity index (χ0) is 15.9. The topological polar surface area (TPSA) is 61.1 Å². The Bertz CT molecular complexity index is 863. The van der Waals surface area contributed by atoms with Crippen molar-refractivity contribution >= 4 is 21.4 Å². The van der Waals surface area contributed by atoms with Crippen molar-refractivity contribution in [2.45, 2.75) is 24.5 Å². The summed E-state index contributed by atoms with van der Waals surface area (Å²) in [6.07, 6.45) is 0. The lowest BCUT2D eigenvalue weighted by molar-refractivity contribution is 0.557. The molecule has 5 nitrogen and oxygen atoms in total. The van der Waals surface area contributed by atoms with Crippen LogP contribution in [-0.2, 0) is 29.7 Å². The Morgan fingerprint density at radius 3 is 2.19 bits per heavy atom. The Balaban J connectivity index is 2.50. The molecule has 1 aromatic heterocycles. The first-order valence-corrected chi connectivity index (χ1v) is 8.38. The molecule has 114 valence electrons. The minimum absolute atomic E-state index is 0.221. The maximum absolute atomic E-state index is 12.6. The van der Waals surface area contributed by atoms with Gasteiger partial charge in [0.15, 0.2) is 9.84 Å². The predicted molar refractivity (Wildman–Crippen MR) is 82.5 cm³/mol. The average molecular weight is 329 g/mol. The summed E-state index contributed by atoms with van der Waals surface area (Å²) in [5.41, 5.74) is 1.54. The molecule has 0 N–H and O–H groups in total. The lowest BCUT2D eigenvalue weighted by Gasteiger charge is -2.11. The SMILES string of the molecule is Cc1cc(S(=O)(=O)Cc2cc(=O)n(C)n2C)c(C)cc1Cl. The van der Waals surface area contributed by atoms with Crippen LogP contribution in [0.4, 0.5) is 0 Å². The summed E-state index contributed by atoms with van der Waals surface area (Å²) in [7, 11) is -0.289. The standard InChI is InChI=1S/C14H17ClN2O3S/c1-9-6-13(10(2)5-12(9)15)21(19,20)8-11-7-14(18)17(4)16(11)3/h5-7H,8H2,1-4H3. The Morgan fingerprint density at radius 2 is 1.67 bits per heavy atom. The van der Waals surface area contributed by atoms with Gasteiger partial charge in [-0.2, -0.15) is 0 Å². The van der Waals surface area contributed by atoms with Gasteiger partial charge in [-0.25, -0.2) is 8.42 Å². The molecule has 0 bridgehead atoms. The number of sulfone groups is 1. The zero-order valence-corrected chi connectivity index (χ0v) is 13.9. The highest BCUT2D eigenvalue weighted by Crippen LogP contribution is 2.26. The molecule has 0 aliphatic heterocycles. The molecule has 0 aliphatic carbocycles. The highest BCUT2D eigenvalue weighted by molar-refractivity contribution is 7.90. The maximum Gasteiger partial charge on any atom is 0.266 e. The van der Waals surface area contributed by atoms with Crippen molar-refractivity contribution in [2.75, 3.05) is 0 Å². The van der Waals surface area contributed by atoms with Gasteiger partial charge in [-0.05, 0) is 37.1 Å². The van der Waals surface area contributed by atoms with Gasteiger partial charge in [0.2, 0.25) is 0 Å². The monoisotopic (exact) mass is 328 g/mol. The molecule has 0 spiro atoms. The van der Waals surface area contributed by atoms with Gasteiger partial charge in [0.25, 0.3) is 5.56 Å². The van der Waals surface area contributed by atoms with E-state index >= 15 is 0 Å². The quantitative estimate of drug-likeness (QED) is 0.865. The molecule has 0 saturated heterocycles. The second kappa shape index (κ2) is 5.35. The molecule has 0 radical (unpaired) electrons. The Hall–Kier alpha value is -1.53. The summed E-state index contributed by atoms with van der Waals surface area (Å²) in [6, 6.07) is 4.57. The third-order valence-electron chi connectivity index (χ3n) is 3.60. The van der Waals surface area contributed by atoms with Crippen LogP contribution >= 0.6 is 11.6 Å². The molecule has 1 aromatic carbocycles. The smallest absolute Gasteiger partial charge is 0.266 e.